The number of aryl methyl sites for hydroxylation is 1. The van der Waals surface area contributed by atoms with Gasteiger partial charge in [0.2, 0.25) is 0 Å². The summed E-state index contributed by atoms with van der Waals surface area (Å²) in [6.07, 6.45) is 1.65. The standard InChI is InChI=1S/C20H21N5O3/c1-23-17-16(4-3-9-21-17)22-18(20(23)27)24-10-12-25(13-11-24)19(26)14-5-7-15(28-2)8-6-14/h3-9H,10-13H2,1-2H3. The molecule has 28 heavy (non-hydrogen) atoms. The highest BCUT2D eigenvalue weighted by atomic mass is 16.5. The molecule has 1 aliphatic rings. The molecule has 0 N–H and O–H groups in total. The number of piperazine rings is 1. The maximum Gasteiger partial charge on any atom is 0.294 e. The molecule has 1 amide bonds. The number of ether oxygens (including phenoxy) is 1. The molecular formula is C20H21N5O3. The van der Waals surface area contributed by atoms with E-state index in [-0.39, 0.29) is 11.5 Å². The molecule has 3 aromatic rings. The predicted molar refractivity (Wildman–Crippen MR) is 106 cm³/mol. The van der Waals surface area contributed by atoms with Gasteiger partial charge in [0, 0.05) is 45.0 Å². The van der Waals surface area contributed by atoms with Gasteiger partial charge in [0.1, 0.15) is 11.3 Å². The summed E-state index contributed by atoms with van der Waals surface area (Å²) in [6, 6.07) is 10.7. The van der Waals surface area contributed by atoms with Crippen molar-refractivity contribution in [3.63, 3.8) is 0 Å². The normalized spacial score (nSPS) is 14.4. The molecule has 2 aromatic heterocycles. The van der Waals surface area contributed by atoms with Gasteiger partial charge >= 0.3 is 0 Å². The Bertz CT molecular complexity index is 1070. The number of amides is 1. The van der Waals surface area contributed by atoms with Crippen LogP contribution >= 0.6 is 0 Å². The first-order chi connectivity index (χ1) is 13.6. The molecule has 0 aliphatic carbocycles. The van der Waals surface area contributed by atoms with Crippen molar-refractivity contribution >= 4 is 22.9 Å². The molecule has 4 rings (SSSR count). The Kier molecular flexibility index (Phi) is 4.68. The van der Waals surface area contributed by atoms with Gasteiger partial charge in [0.25, 0.3) is 11.5 Å². The molecule has 1 aromatic carbocycles. The maximum atomic E-state index is 12.7. The molecule has 0 unspecified atom stereocenters. The van der Waals surface area contributed by atoms with Gasteiger partial charge < -0.3 is 14.5 Å². The lowest BCUT2D eigenvalue weighted by atomic mass is 10.1. The quantitative estimate of drug-likeness (QED) is 0.682. The first-order valence-electron chi connectivity index (χ1n) is 9.08. The summed E-state index contributed by atoms with van der Waals surface area (Å²) in [6.45, 7) is 2.16. The minimum Gasteiger partial charge on any atom is -0.497 e. The lowest BCUT2D eigenvalue weighted by Gasteiger charge is -2.35. The van der Waals surface area contributed by atoms with Crippen molar-refractivity contribution in [3.05, 3.63) is 58.5 Å². The van der Waals surface area contributed by atoms with E-state index in [2.05, 4.69) is 9.97 Å². The number of hydrogen-bond donors (Lipinski definition) is 0. The Labute approximate surface area is 162 Å². The summed E-state index contributed by atoms with van der Waals surface area (Å²) in [5, 5.41) is 0. The largest absolute Gasteiger partial charge is 0.497 e. The van der Waals surface area contributed by atoms with Crippen molar-refractivity contribution in [2.75, 3.05) is 38.2 Å². The van der Waals surface area contributed by atoms with Crippen LogP contribution < -0.4 is 15.2 Å². The highest BCUT2D eigenvalue weighted by molar-refractivity contribution is 5.94. The van der Waals surface area contributed by atoms with Crippen LogP contribution in [-0.2, 0) is 7.05 Å². The highest BCUT2D eigenvalue weighted by Gasteiger charge is 2.25. The van der Waals surface area contributed by atoms with E-state index >= 15 is 0 Å². The van der Waals surface area contributed by atoms with Crippen LogP contribution in [0.2, 0.25) is 0 Å². The van der Waals surface area contributed by atoms with Gasteiger partial charge in [-0.05, 0) is 36.4 Å². The first kappa shape index (κ1) is 18.0. The van der Waals surface area contributed by atoms with Crippen LogP contribution in [0.4, 0.5) is 5.82 Å². The van der Waals surface area contributed by atoms with Crippen molar-refractivity contribution < 1.29 is 9.53 Å². The average molecular weight is 379 g/mol. The third kappa shape index (κ3) is 3.17. The molecule has 0 saturated carbocycles. The third-order valence-electron chi connectivity index (χ3n) is 5.01. The number of benzene rings is 1. The van der Waals surface area contributed by atoms with Crippen LogP contribution in [0.25, 0.3) is 11.2 Å². The van der Waals surface area contributed by atoms with Crippen molar-refractivity contribution in [1.82, 2.24) is 19.4 Å². The minimum atomic E-state index is -0.180. The van der Waals surface area contributed by atoms with Gasteiger partial charge in [-0.15, -0.1) is 0 Å². The maximum absolute atomic E-state index is 12.7. The summed E-state index contributed by atoms with van der Waals surface area (Å²) in [7, 11) is 3.30. The summed E-state index contributed by atoms with van der Waals surface area (Å²) < 4.78 is 6.65. The third-order valence-corrected chi connectivity index (χ3v) is 5.01. The zero-order valence-corrected chi connectivity index (χ0v) is 15.8. The lowest BCUT2D eigenvalue weighted by molar-refractivity contribution is 0.0746. The Morgan fingerprint density at radius 3 is 2.46 bits per heavy atom. The zero-order chi connectivity index (χ0) is 19.7. The number of nitrogens with zero attached hydrogens (tertiary/aromatic N) is 5. The number of anilines is 1. The Morgan fingerprint density at radius 1 is 1.07 bits per heavy atom. The van der Waals surface area contributed by atoms with E-state index in [1.165, 1.54) is 4.57 Å². The molecular weight excluding hydrogens is 358 g/mol. The average Bonchev–Trinajstić information content (AvgIpc) is 2.76. The molecule has 1 saturated heterocycles. The van der Waals surface area contributed by atoms with Gasteiger partial charge in [-0.3, -0.25) is 14.2 Å². The molecule has 0 bridgehead atoms. The molecule has 3 heterocycles. The fourth-order valence-corrected chi connectivity index (χ4v) is 3.39. The van der Waals surface area contributed by atoms with Gasteiger partial charge in [0.15, 0.2) is 11.5 Å². The van der Waals surface area contributed by atoms with Gasteiger partial charge in [0.05, 0.1) is 7.11 Å². The molecule has 8 heteroatoms. The summed E-state index contributed by atoms with van der Waals surface area (Å²) >= 11 is 0. The topological polar surface area (TPSA) is 80.6 Å². The van der Waals surface area contributed by atoms with Crippen LogP contribution in [-0.4, -0.2) is 58.6 Å². The smallest absolute Gasteiger partial charge is 0.294 e. The van der Waals surface area contributed by atoms with E-state index in [9.17, 15) is 9.59 Å². The summed E-state index contributed by atoms with van der Waals surface area (Å²) in [5.41, 5.74) is 1.68. The van der Waals surface area contributed by atoms with Gasteiger partial charge in [-0.25, -0.2) is 9.97 Å². The first-order valence-corrected chi connectivity index (χ1v) is 9.08. The molecule has 0 atom stereocenters. The van der Waals surface area contributed by atoms with Crippen LogP contribution in [0.1, 0.15) is 10.4 Å². The number of aromatic nitrogens is 3. The fraction of sp³-hybridized carbons (Fsp3) is 0.300. The van der Waals surface area contributed by atoms with E-state index in [0.29, 0.717) is 54.5 Å². The van der Waals surface area contributed by atoms with Crippen molar-refractivity contribution in [2.45, 2.75) is 0 Å². The van der Waals surface area contributed by atoms with Crippen LogP contribution in [0.5, 0.6) is 5.75 Å². The summed E-state index contributed by atoms with van der Waals surface area (Å²) in [5.74, 6) is 1.10. The Hall–Kier alpha value is -3.42. The Morgan fingerprint density at radius 2 is 1.79 bits per heavy atom. The number of methoxy groups -OCH3 is 1. The van der Waals surface area contributed by atoms with E-state index in [0.717, 1.165) is 0 Å². The molecule has 8 nitrogen and oxygen atoms in total. The molecule has 0 spiro atoms. The van der Waals surface area contributed by atoms with Crippen LogP contribution in [0.3, 0.4) is 0 Å². The van der Waals surface area contributed by atoms with Crippen LogP contribution in [0, 0.1) is 0 Å². The minimum absolute atomic E-state index is 0.0223. The zero-order valence-electron chi connectivity index (χ0n) is 15.8. The lowest BCUT2D eigenvalue weighted by Crippen LogP contribution is -2.50. The number of pyridine rings is 1. The SMILES string of the molecule is COc1ccc(C(=O)N2CCN(c3nc4cccnc4n(C)c3=O)CC2)cc1. The Balaban J connectivity index is 1.51. The van der Waals surface area contributed by atoms with E-state index < -0.39 is 0 Å². The van der Waals surface area contributed by atoms with Gasteiger partial charge in [-0.1, -0.05) is 0 Å². The van der Waals surface area contributed by atoms with Gasteiger partial charge in [-0.2, -0.15) is 0 Å². The number of carbonyl (C=O) groups is 1. The monoisotopic (exact) mass is 379 g/mol. The second-order valence-electron chi connectivity index (χ2n) is 6.65. The second kappa shape index (κ2) is 7.30. The number of hydrogen-bond acceptors (Lipinski definition) is 6. The number of fused-ring (bicyclic) bond motifs is 1. The van der Waals surface area contributed by atoms with E-state index in [1.807, 2.05) is 11.0 Å². The molecule has 1 aliphatic heterocycles. The molecule has 0 radical (unpaired) electrons. The van der Waals surface area contributed by atoms with Crippen LogP contribution in [0.15, 0.2) is 47.4 Å². The van der Waals surface area contributed by atoms with Crippen molar-refractivity contribution in [1.29, 1.82) is 0 Å². The van der Waals surface area contributed by atoms with E-state index in [4.69, 9.17) is 4.74 Å². The fourth-order valence-electron chi connectivity index (χ4n) is 3.39. The number of rotatable bonds is 3. The molecule has 144 valence electrons. The number of carbonyl (C=O) groups excluding carboxylic acids is 1. The second-order valence-corrected chi connectivity index (χ2v) is 6.65. The predicted octanol–water partition coefficient (Wildman–Crippen LogP) is 1.30. The van der Waals surface area contributed by atoms with E-state index in [1.54, 1.807) is 55.6 Å². The molecule has 1 fully saturated rings. The van der Waals surface area contributed by atoms with Crippen molar-refractivity contribution in [3.8, 4) is 5.75 Å². The summed E-state index contributed by atoms with van der Waals surface area (Å²) in [4.78, 5) is 37.9. The highest BCUT2D eigenvalue weighted by Crippen LogP contribution is 2.17. The van der Waals surface area contributed by atoms with Crippen molar-refractivity contribution in [2.24, 2.45) is 7.05 Å².